The molecular weight excluding hydrogens is 232 g/mol. The van der Waals surface area contributed by atoms with Crippen LogP contribution >= 0.6 is 11.8 Å². The molecule has 0 saturated heterocycles. The summed E-state index contributed by atoms with van der Waals surface area (Å²) in [5.41, 5.74) is 0.714. The largest absolute Gasteiger partial charge is 0.350 e. The zero-order valence-electron chi connectivity index (χ0n) is 10.6. The summed E-state index contributed by atoms with van der Waals surface area (Å²) >= 11 is 1.67. The molecule has 1 rings (SSSR count). The van der Waals surface area contributed by atoms with Crippen LogP contribution in [0.15, 0.2) is 29.2 Å². The maximum absolute atomic E-state index is 11.8. The smallest absolute Gasteiger partial charge is 0.251 e. The Morgan fingerprint density at radius 1 is 1.35 bits per heavy atom. The summed E-state index contributed by atoms with van der Waals surface area (Å²) in [4.78, 5) is 13.0. The standard InChI is InChI=1S/C13H20N2OS/c1-4-14-10(2)9-15-13(16)11-5-7-12(17-3)8-6-11/h5-8,10,14H,4,9H2,1-3H3,(H,15,16)/t10-/m1/s1. The number of carbonyl (C=O) groups is 1. The minimum absolute atomic E-state index is 0.0117. The van der Waals surface area contributed by atoms with Crippen LogP contribution in [0.25, 0.3) is 0 Å². The van der Waals surface area contributed by atoms with Gasteiger partial charge in [-0.1, -0.05) is 6.92 Å². The van der Waals surface area contributed by atoms with E-state index in [-0.39, 0.29) is 5.91 Å². The topological polar surface area (TPSA) is 41.1 Å². The fourth-order valence-electron chi connectivity index (χ4n) is 1.51. The van der Waals surface area contributed by atoms with Crippen LogP contribution in [0.4, 0.5) is 0 Å². The van der Waals surface area contributed by atoms with Crippen molar-refractivity contribution in [3.8, 4) is 0 Å². The van der Waals surface area contributed by atoms with Crippen LogP contribution in [-0.2, 0) is 0 Å². The molecule has 0 fully saturated rings. The van der Waals surface area contributed by atoms with E-state index in [2.05, 4.69) is 24.5 Å². The van der Waals surface area contributed by atoms with Crippen LogP contribution in [0.5, 0.6) is 0 Å². The third-order valence-corrected chi connectivity index (χ3v) is 3.22. The molecule has 1 aromatic rings. The van der Waals surface area contributed by atoms with Gasteiger partial charge in [0.15, 0.2) is 0 Å². The number of benzene rings is 1. The summed E-state index contributed by atoms with van der Waals surface area (Å²) in [7, 11) is 0. The number of carbonyl (C=O) groups excluding carboxylic acids is 1. The molecule has 4 heteroatoms. The van der Waals surface area contributed by atoms with Crippen molar-refractivity contribution in [2.45, 2.75) is 24.8 Å². The third-order valence-electron chi connectivity index (χ3n) is 2.47. The first-order chi connectivity index (χ1) is 8.17. The predicted molar refractivity (Wildman–Crippen MR) is 73.7 cm³/mol. The molecule has 17 heavy (non-hydrogen) atoms. The van der Waals surface area contributed by atoms with Gasteiger partial charge in [-0.3, -0.25) is 4.79 Å². The van der Waals surface area contributed by atoms with Crippen LogP contribution in [-0.4, -0.2) is 31.3 Å². The van der Waals surface area contributed by atoms with Crippen molar-refractivity contribution in [1.29, 1.82) is 0 Å². The lowest BCUT2D eigenvalue weighted by molar-refractivity contribution is 0.0950. The fourth-order valence-corrected chi connectivity index (χ4v) is 1.92. The predicted octanol–water partition coefficient (Wildman–Crippen LogP) is 2.14. The Balaban J connectivity index is 2.46. The van der Waals surface area contributed by atoms with Gasteiger partial charge >= 0.3 is 0 Å². The molecule has 0 heterocycles. The molecule has 94 valence electrons. The van der Waals surface area contributed by atoms with E-state index >= 15 is 0 Å². The van der Waals surface area contributed by atoms with Crippen molar-refractivity contribution in [1.82, 2.24) is 10.6 Å². The van der Waals surface area contributed by atoms with E-state index in [0.29, 0.717) is 18.2 Å². The Labute approximate surface area is 107 Å². The second-order valence-electron chi connectivity index (χ2n) is 3.90. The van der Waals surface area contributed by atoms with Crippen molar-refractivity contribution < 1.29 is 4.79 Å². The first-order valence-electron chi connectivity index (χ1n) is 5.83. The number of hydrogen-bond donors (Lipinski definition) is 2. The van der Waals surface area contributed by atoms with E-state index in [1.165, 1.54) is 4.90 Å². The first-order valence-corrected chi connectivity index (χ1v) is 7.05. The number of rotatable bonds is 6. The van der Waals surface area contributed by atoms with Gasteiger partial charge in [0.25, 0.3) is 5.91 Å². The molecule has 0 aliphatic carbocycles. The lowest BCUT2D eigenvalue weighted by atomic mass is 10.2. The molecule has 1 amide bonds. The number of thioether (sulfide) groups is 1. The normalized spacial score (nSPS) is 12.2. The minimum Gasteiger partial charge on any atom is -0.350 e. The van der Waals surface area contributed by atoms with E-state index in [9.17, 15) is 4.79 Å². The zero-order valence-corrected chi connectivity index (χ0v) is 11.4. The second-order valence-corrected chi connectivity index (χ2v) is 4.78. The average molecular weight is 252 g/mol. The lowest BCUT2D eigenvalue weighted by Crippen LogP contribution is -2.38. The van der Waals surface area contributed by atoms with Crippen LogP contribution in [0.2, 0.25) is 0 Å². The van der Waals surface area contributed by atoms with Crippen molar-refractivity contribution in [3.63, 3.8) is 0 Å². The quantitative estimate of drug-likeness (QED) is 0.762. The maximum Gasteiger partial charge on any atom is 0.251 e. The van der Waals surface area contributed by atoms with Gasteiger partial charge in [-0.05, 0) is 44.0 Å². The Morgan fingerprint density at radius 2 is 2.00 bits per heavy atom. The van der Waals surface area contributed by atoms with Gasteiger partial charge in [-0.25, -0.2) is 0 Å². The summed E-state index contributed by atoms with van der Waals surface area (Å²) in [5.74, 6) is -0.0117. The van der Waals surface area contributed by atoms with Gasteiger partial charge in [0.2, 0.25) is 0 Å². The van der Waals surface area contributed by atoms with Crippen LogP contribution in [0.1, 0.15) is 24.2 Å². The monoisotopic (exact) mass is 252 g/mol. The Kier molecular flexibility index (Phi) is 6.08. The van der Waals surface area contributed by atoms with E-state index in [0.717, 1.165) is 6.54 Å². The van der Waals surface area contributed by atoms with Crippen LogP contribution in [0.3, 0.4) is 0 Å². The summed E-state index contributed by atoms with van der Waals surface area (Å²) in [5, 5.41) is 6.17. The fraction of sp³-hybridized carbons (Fsp3) is 0.462. The van der Waals surface area contributed by atoms with E-state index in [1.807, 2.05) is 30.5 Å². The zero-order chi connectivity index (χ0) is 12.7. The molecule has 0 saturated carbocycles. The maximum atomic E-state index is 11.8. The molecule has 0 bridgehead atoms. The highest BCUT2D eigenvalue weighted by molar-refractivity contribution is 7.98. The molecule has 0 aliphatic rings. The van der Waals surface area contributed by atoms with Crippen molar-refractivity contribution in [3.05, 3.63) is 29.8 Å². The number of nitrogens with one attached hydrogen (secondary N) is 2. The Morgan fingerprint density at radius 3 is 2.53 bits per heavy atom. The Bertz CT molecular complexity index is 351. The summed E-state index contributed by atoms with van der Waals surface area (Å²) < 4.78 is 0. The number of hydrogen-bond acceptors (Lipinski definition) is 3. The summed E-state index contributed by atoms with van der Waals surface area (Å²) in [6, 6.07) is 7.95. The average Bonchev–Trinajstić information content (AvgIpc) is 2.36. The SMILES string of the molecule is CCN[C@H](C)CNC(=O)c1ccc(SC)cc1. The molecule has 0 unspecified atom stereocenters. The second kappa shape index (κ2) is 7.35. The molecule has 2 N–H and O–H groups in total. The molecule has 0 aliphatic heterocycles. The van der Waals surface area contributed by atoms with Crippen molar-refractivity contribution in [2.75, 3.05) is 19.3 Å². The highest BCUT2D eigenvalue weighted by Gasteiger charge is 2.06. The minimum atomic E-state index is -0.0117. The van der Waals surface area contributed by atoms with Gasteiger partial charge in [-0.2, -0.15) is 0 Å². The molecule has 3 nitrogen and oxygen atoms in total. The number of likely N-dealkylation sites (N-methyl/N-ethyl adjacent to an activating group) is 1. The molecule has 1 atom stereocenters. The highest BCUT2D eigenvalue weighted by atomic mass is 32.2. The van der Waals surface area contributed by atoms with Gasteiger partial charge in [0.05, 0.1) is 0 Å². The molecule has 0 radical (unpaired) electrons. The summed E-state index contributed by atoms with van der Waals surface area (Å²) in [6.07, 6.45) is 2.02. The van der Waals surface area contributed by atoms with Crippen LogP contribution < -0.4 is 10.6 Å². The van der Waals surface area contributed by atoms with Gasteiger partial charge in [0.1, 0.15) is 0 Å². The van der Waals surface area contributed by atoms with E-state index in [1.54, 1.807) is 11.8 Å². The Hall–Kier alpha value is -1.00. The summed E-state index contributed by atoms with van der Waals surface area (Å²) in [6.45, 7) is 5.68. The van der Waals surface area contributed by atoms with Gasteiger partial charge in [-0.15, -0.1) is 11.8 Å². The van der Waals surface area contributed by atoms with Gasteiger partial charge < -0.3 is 10.6 Å². The van der Waals surface area contributed by atoms with Crippen molar-refractivity contribution in [2.24, 2.45) is 0 Å². The van der Waals surface area contributed by atoms with Gasteiger partial charge in [0, 0.05) is 23.0 Å². The molecule has 0 aromatic heterocycles. The van der Waals surface area contributed by atoms with Crippen molar-refractivity contribution >= 4 is 17.7 Å². The molecular formula is C13H20N2OS. The molecule has 1 aromatic carbocycles. The lowest BCUT2D eigenvalue weighted by Gasteiger charge is -2.13. The third kappa shape index (κ3) is 4.79. The molecule has 0 spiro atoms. The van der Waals surface area contributed by atoms with Crippen LogP contribution in [0, 0.1) is 0 Å². The first kappa shape index (κ1) is 14.1. The van der Waals surface area contributed by atoms with E-state index < -0.39 is 0 Å². The van der Waals surface area contributed by atoms with E-state index in [4.69, 9.17) is 0 Å². The number of amides is 1. The highest BCUT2D eigenvalue weighted by Crippen LogP contribution is 2.14.